The van der Waals surface area contributed by atoms with Crippen LogP contribution in [0.2, 0.25) is 0 Å². The van der Waals surface area contributed by atoms with Gasteiger partial charge in [0.25, 0.3) is 0 Å². The number of hydrogen-bond donors (Lipinski definition) is 0. The van der Waals surface area contributed by atoms with Gasteiger partial charge < -0.3 is 14.2 Å². The van der Waals surface area contributed by atoms with Crippen LogP contribution in [0.3, 0.4) is 0 Å². The SMILES string of the molecule is CCCCN=C(OCCCC1CCCC1)C1OC1C(=O)OCCCC1CCCC1. The van der Waals surface area contributed by atoms with E-state index in [0.717, 1.165) is 44.1 Å². The number of aliphatic imine (C=N–C) groups is 1. The number of nitrogens with zero attached hydrogens (tertiary/aromatic N) is 1. The molecule has 0 spiro atoms. The zero-order chi connectivity index (χ0) is 20.3. The van der Waals surface area contributed by atoms with Gasteiger partial charge >= 0.3 is 5.97 Å². The maximum absolute atomic E-state index is 12.3. The lowest BCUT2D eigenvalue weighted by Crippen LogP contribution is -2.22. The van der Waals surface area contributed by atoms with E-state index < -0.39 is 6.10 Å². The van der Waals surface area contributed by atoms with E-state index in [4.69, 9.17) is 14.2 Å². The van der Waals surface area contributed by atoms with Crippen LogP contribution in [0.4, 0.5) is 0 Å². The number of carbonyl (C=O) groups is 1. The first-order valence-electron chi connectivity index (χ1n) is 12.3. The fourth-order valence-corrected chi connectivity index (χ4v) is 4.82. The Morgan fingerprint density at radius 1 is 0.862 bits per heavy atom. The maximum Gasteiger partial charge on any atom is 0.338 e. The minimum Gasteiger partial charge on any atom is -0.479 e. The normalized spacial score (nSPS) is 25.5. The Bertz CT molecular complexity index is 509. The van der Waals surface area contributed by atoms with Crippen molar-refractivity contribution in [2.24, 2.45) is 16.8 Å². The van der Waals surface area contributed by atoms with Crippen LogP contribution >= 0.6 is 0 Å². The molecule has 5 nitrogen and oxygen atoms in total. The summed E-state index contributed by atoms with van der Waals surface area (Å²) in [6.45, 7) is 4.06. The smallest absolute Gasteiger partial charge is 0.338 e. The zero-order valence-electron chi connectivity index (χ0n) is 18.4. The molecule has 1 saturated heterocycles. The lowest BCUT2D eigenvalue weighted by molar-refractivity contribution is -0.145. The molecule has 0 bridgehead atoms. The predicted molar refractivity (Wildman–Crippen MR) is 115 cm³/mol. The van der Waals surface area contributed by atoms with Crippen LogP contribution in [0.5, 0.6) is 0 Å². The standard InChI is InChI=1S/C24H41NO4/c1-2-3-16-25-23(27-17-8-14-19-10-4-5-11-19)21-22(29-21)24(26)28-18-9-15-20-12-6-7-13-20/h19-22H,2-18H2,1H3. The molecule has 0 amide bonds. The molecule has 0 radical (unpaired) electrons. The molecule has 2 saturated carbocycles. The number of rotatable bonds is 13. The largest absolute Gasteiger partial charge is 0.479 e. The zero-order valence-corrected chi connectivity index (χ0v) is 18.4. The van der Waals surface area contributed by atoms with Gasteiger partial charge in [0.05, 0.1) is 13.2 Å². The van der Waals surface area contributed by atoms with Crippen molar-refractivity contribution in [3.63, 3.8) is 0 Å². The average Bonchev–Trinajstić information content (AvgIpc) is 3.09. The molecule has 3 aliphatic rings. The monoisotopic (exact) mass is 407 g/mol. The Balaban J connectivity index is 1.33. The van der Waals surface area contributed by atoms with Crippen molar-refractivity contribution in [1.82, 2.24) is 0 Å². The number of hydrogen-bond acceptors (Lipinski definition) is 5. The van der Waals surface area contributed by atoms with Crippen LogP contribution in [-0.4, -0.2) is 43.8 Å². The molecule has 0 N–H and O–H groups in total. The summed E-state index contributed by atoms with van der Waals surface area (Å²) in [6, 6.07) is 0. The highest BCUT2D eigenvalue weighted by Crippen LogP contribution is 2.30. The van der Waals surface area contributed by atoms with Gasteiger partial charge in [0.2, 0.25) is 5.90 Å². The third kappa shape index (κ3) is 7.92. The second-order valence-corrected chi connectivity index (χ2v) is 9.15. The summed E-state index contributed by atoms with van der Waals surface area (Å²) < 4.78 is 17.0. The van der Waals surface area contributed by atoms with Gasteiger partial charge in [0, 0.05) is 6.54 Å². The van der Waals surface area contributed by atoms with Crippen LogP contribution in [-0.2, 0) is 19.0 Å². The van der Waals surface area contributed by atoms with Crippen molar-refractivity contribution in [3.8, 4) is 0 Å². The highest BCUT2D eigenvalue weighted by atomic mass is 16.7. The third-order valence-corrected chi connectivity index (χ3v) is 6.70. The molecule has 2 atom stereocenters. The van der Waals surface area contributed by atoms with Crippen molar-refractivity contribution in [2.45, 2.75) is 109 Å². The summed E-state index contributed by atoms with van der Waals surface area (Å²) in [7, 11) is 0. The van der Waals surface area contributed by atoms with Crippen molar-refractivity contribution < 1.29 is 19.0 Å². The number of carbonyl (C=O) groups excluding carboxylic acids is 1. The topological polar surface area (TPSA) is 60.4 Å². The maximum atomic E-state index is 12.3. The first-order valence-corrected chi connectivity index (χ1v) is 12.3. The Hall–Kier alpha value is -1.10. The van der Waals surface area contributed by atoms with Crippen molar-refractivity contribution in [3.05, 3.63) is 0 Å². The average molecular weight is 408 g/mol. The van der Waals surface area contributed by atoms with E-state index in [0.29, 0.717) is 19.1 Å². The minimum absolute atomic E-state index is 0.251. The molecular formula is C24H41NO4. The highest BCUT2D eigenvalue weighted by molar-refractivity contribution is 5.92. The minimum atomic E-state index is -0.517. The van der Waals surface area contributed by atoms with E-state index in [-0.39, 0.29) is 12.1 Å². The van der Waals surface area contributed by atoms with Crippen molar-refractivity contribution in [1.29, 1.82) is 0 Å². The van der Waals surface area contributed by atoms with Crippen LogP contribution in [0.1, 0.15) is 96.8 Å². The molecule has 1 heterocycles. The van der Waals surface area contributed by atoms with Gasteiger partial charge in [-0.15, -0.1) is 0 Å². The highest BCUT2D eigenvalue weighted by Gasteiger charge is 2.51. The van der Waals surface area contributed by atoms with Crippen LogP contribution < -0.4 is 0 Å². The second kappa shape index (κ2) is 12.6. The van der Waals surface area contributed by atoms with Gasteiger partial charge in [-0.25, -0.2) is 4.79 Å². The number of ether oxygens (including phenoxy) is 3. The summed E-state index contributed by atoms with van der Waals surface area (Å²) in [4.78, 5) is 16.9. The molecule has 1 aliphatic heterocycles. The molecular weight excluding hydrogens is 366 g/mol. The van der Waals surface area contributed by atoms with E-state index in [1.54, 1.807) is 0 Å². The van der Waals surface area contributed by atoms with E-state index in [2.05, 4.69) is 11.9 Å². The third-order valence-electron chi connectivity index (χ3n) is 6.70. The van der Waals surface area contributed by atoms with E-state index >= 15 is 0 Å². The Morgan fingerprint density at radius 2 is 1.45 bits per heavy atom. The molecule has 0 aromatic heterocycles. The fourth-order valence-electron chi connectivity index (χ4n) is 4.82. The second-order valence-electron chi connectivity index (χ2n) is 9.15. The molecule has 2 aliphatic carbocycles. The summed E-state index contributed by atoms with van der Waals surface area (Å²) >= 11 is 0. The number of epoxide rings is 1. The van der Waals surface area contributed by atoms with Crippen LogP contribution in [0, 0.1) is 11.8 Å². The lowest BCUT2D eigenvalue weighted by Gasteiger charge is -2.11. The molecule has 0 aromatic carbocycles. The van der Waals surface area contributed by atoms with Crippen molar-refractivity contribution in [2.75, 3.05) is 19.8 Å². The van der Waals surface area contributed by atoms with Gasteiger partial charge in [0.15, 0.2) is 12.2 Å². The Labute approximate surface area is 177 Å². The van der Waals surface area contributed by atoms with E-state index in [1.165, 1.54) is 64.2 Å². The summed E-state index contributed by atoms with van der Waals surface area (Å²) in [6.07, 6.45) is 16.6. The quantitative estimate of drug-likeness (QED) is 0.134. The molecule has 3 rings (SSSR count). The number of esters is 1. The van der Waals surface area contributed by atoms with E-state index in [9.17, 15) is 4.79 Å². The first-order chi connectivity index (χ1) is 14.3. The lowest BCUT2D eigenvalue weighted by atomic mass is 10.0. The first kappa shape index (κ1) is 22.6. The molecule has 3 fully saturated rings. The van der Waals surface area contributed by atoms with E-state index in [1.807, 2.05) is 0 Å². The number of unbranched alkanes of at least 4 members (excludes halogenated alkanes) is 1. The predicted octanol–water partition coefficient (Wildman–Crippen LogP) is 5.45. The molecule has 5 heteroatoms. The van der Waals surface area contributed by atoms with Gasteiger partial charge in [-0.05, 0) is 43.9 Å². The van der Waals surface area contributed by atoms with Gasteiger partial charge in [0.1, 0.15) is 0 Å². The van der Waals surface area contributed by atoms with Gasteiger partial charge in [-0.2, -0.15) is 0 Å². The van der Waals surface area contributed by atoms with Gasteiger partial charge in [-0.3, -0.25) is 4.99 Å². The molecule has 2 unspecified atom stereocenters. The van der Waals surface area contributed by atoms with Gasteiger partial charge in [-0.1, -0.05) is 64.7 Å². The molecule has 0 aromatic rings. The molecule has 29 heavy (non-hydrogen) atoms. The summed E-state index contributed by atoms with van der Waals surface area (Å²) in [5.74, 6) is 2.08. The fraction of sp³-hybridized carbons (Fsp3) is 0.917. The Kier molecular flexibility index (Phi) is 9.78. The molecule has 166 valence electrons. The summed E-state index contributed by atoms with van der Waals surface area (Å²) in [5.41, 5.74) is 0. The van der Waals surface area contributed by atoms with Crippen LogP contribution in [0.15, 0.2) is 4.99 Å². The van der Waals surface area contributed by atoms with Crippen molar-refractivity contribution >= 4 is 11.9 Å². The Morgan fingerprint density at radius 3 is 2.03 bits per heavy atom. The van der Waals surface area contributed by atoms with Crippen LogP contribution in [0.25, 0.3) is 0 Å². The summed E-state index contributed by atoms with van der Waals surface area (Å²) in [5, 5.41) is 0.